The minimum atomic E-state index is -1.20. The van der Waals surface area contributed by atoms with E-state index in [9.17, 15) is 14.4 Å². The maximum Gasteiger partial charge on any atom is 0.344 e. The van der Waals surface area contributed by atoms with Crippen LogP contribution in [0.1, 0.15) is 57.7 Å². The minimum Gasteiger partial charge on any atom is -0.444 e. The molecule has 1 unspecified atom stereocenters. The predicted octanol–water partition coefficient (Wildman–Crippen LogP) is 4.28. The molecule has 30 heavy (non-hydrogen) atoms. The van der Waals surface area contributed by atoms with Crippen LogP contribution in [0.4, 0.5) is 5.69 Å². The number of hydrogen-bond acceptors (Lipinski definition) is 6. The monoisotopic (exact) mass is 406 g/mol. The van der Waals surface area contributed by atoms with Crippen LogP contribution in [-0.2, 0) is 16.0 Å². The molecule has 0 fully saturated rings. The van der Waals surface area contributed by atoms with Crippen molar-refractivity contribution in [3.05, 3.63) is 82.7 Å². The number of amides is 1. The van der Waals surface area contributed by atoms with Gasteiger partial charge in [-0.1, -0.05) is 54.5 Å². The van der Waals surface area contributed by atoms with Gasteiger partial charge in [0, 0.05) is 16.8 Å². The van der Waals surface area contributed by atoms with E-state index in [0.717, 1.165) is 0 Å². The van der Waals surface area contributed by atoms with Crippen LogP contribution in [0.5, 0.6) is 0 Å². The first-order chi connectivity index (χ1) is 14.4. The lowest BCUT2D eigenvalue weighted by atomic mass is 10.1. The van der Waals surface area contributed by atoms with Gasteiger partial charge in [0.2, 0.25) is 6.10 Å². The van der Waals surface area contributed by atoms with Crippen LogP contribution < -0.4 is 5.32 Å². The first-order valence-corrected chi connectivity index (χ1v) is 9.53. The van der Waals surface area contributed by atoms with Crippen LogP contribution in [0.15, 0.2) is 59.1 Å². The van der Waals surface area contributed by atoms with E-state index in [4.69, 9.17) is 9.26 Å². The van der Waals surface area contributed by atoms with Crippen molar-refractivity contribution in [1.82, 2.24) is 5.16 Å². The van der Waals surface area contributed by atoms with Gasteiger partial charge < -0.3 is 14.6 Å². The van der Waals surface area contributed by atoms with Gasteiger partial charge in [0.05, 0.1) is 5.69 Å². The molecule has 3 rings (SSSR count). The average Bonchev–Trinajstić information content (AvgIpc) is 3.13. The molecule has 0 spiro atoms. The Hall–Kier alpha value is -3.74. The largest absolute Gasteiger partial charge is 0.444 e. The lowest BCUT2D eigenvalue weighted by Crippen LogP contribution is -2.26. The fraction of sp³-hybridized carbons (Fsp3) is 0.217. The van der Waals surface area contributed by atoms with Gasteiger partial charge in [0.15, 0.2) is 5.78 Å². The summed E-state index contributed by atoms with van der Waals surface area (Å²) in [5.74, 6) is -1.01. The van der Waals surface area contributed by atoms with E-state index in [2.05, 4.69) is 10.5 Å². The lowest BCUT2D eigenvalue weighted by molar-refractivity contribution is -0.125. The molecule has 1 aromatic heterocycles. The zero-order chi connectivity index (χ0) is 21.7. The topological polar surface area (TPSA) is 98.5 Å². The summed E-state index contributed by atoms with van der Waals surface area (Å²) < 4.78 is 10.7. The van der Waals surface area contributed by atoms with Gasteiger partial charge in [-0.3, -0.25) is 9.59 Å². The van der Waals surface area contributed by atoms with Gasteiger partial charge in [0.25, 0.3) is 5.91 Å². The third-order valence-electron chi connectivity index (χ3n) is 4.57. The van der Waals surface area contributed by atoms with Gasteiger partial charge in [0.1, 0.15) is 11.3 Å². The minimum absolute atomic E-state index is 0.118. The number of ketones is 1. The van der Waals surface area contributed by atoms with Crippen molar-refractivity contribution in [2.45, 2.75) is 33.3 Å². The second-order valence-electron chi connectivity index (χ2n) is 6.74. The number of aromatic nitrogens is 1. The van der Waals surface area contributed by atoms with Crippen molar-refractivity contribution >= 4 is 23.3 Å². The van der Waals surface area contributed by atoms with Crippen molar-refractivity contribution in [3.8, 4) is 0 Å². The number of benzene rings is 2. The molecule has 0 aliphatic rings. The number of nitrogens with one attached hydrogen (secondary N) is 1. The number of esters is 1. The number of aryl methyl sites for hydroxylation is 2. The molecular weight excluding hydrogens is 384 g/mol. The Morgan fingerprint density at radius 2 is 1.83 bits per heavy atom. The summed E-state index contributed by atoms with van der Waals surface area (Å²) in [6, 6.07) is 15.3. The number of Topliss-reactive ketones (excluding diaryl/α,β-unsaturated/α-hetero) is 1. The standard InChI is InChI=1S/C23H22N2O5/c1-4-19-20(15(3)30-25-19)23(28)29-21(16-9-6-5-7-10-16)22(27)24-18-12-8-11-17(13-18)14(2)26/h5-13,21H,4H2,1-3H3,(H,24,27). The molecular formula is C23H22N2O5. The van der Waals surface area contributed by atoms with Crippen LogP contribution in [0.2, 0.25) is 0 Å². The highest BCUT2D eigenvalue weighted by molar-refractivity contribution is 6.00. The highest BCUT2D eigenvalue weighted by atomic mass is 16.6. The Morgan fingerprint density at radius 1 is 1.10 bits per heavy atom. The number of carbonyl (C=O) groups is 3. The summed E-state index contributed by atoms with van der Waals surface area (Å²) in [5, 5.41) is 6.59. The molecule has 1 atom stereocenters. The number of hydrogen-bond donors (Lipinski definition) is 1. The third kappa shape index (κ3) is 4.63. The van der Waals surface area contributed by atoms with E-state index in [1.54, 1.807) is 61.5 Å². The molecule has 0 aliphatic heterocycles. The molecule has 3 aromatic rings. The molecule has 0 aliphatic carbocycles. The Kier molecular flexibility index (Phi) is 6.41. The highest BCUT2D eigenvalue weighted by Crippen LogP contribution is 2.24. The summed E-state index contributed by atoms with van der Waals surface area (Å²) >= 11 is 0. The summed E-state index contributed by atoms with van der Waals surface area (Å²) in [5.41, 5.74) is 2.11. The van der Waals surface area contributed by atoms with E-state index >= 15 is 0 Å². The average molecular weight is 406 g/mol. The molecule has 0 saturated heterocycles. The van der Waals surface area contributed by atoms with Crippen LogP contribution in [-0.4, -0.2) is 22.8 Å². The molecule has 0 radical (unpaired) electrons. The Balaban J connectivity index is 1.89. The number of rotatable bonds is 7. The van der Waals surface area contributed by atoms with Crippen LogP contribution in [0.3, 0.4) is 0 Å². The number of carbonyl (C=O) groups excluding carboxylic acids is 3. The van der Waals surface area contributed by atoms with Crippen molar-refractivity contribution in [1.29, 1.82) is 0 Å². The molecule has 7 heteroatoms. The molecule has 154 valence electrons. The van der Waals surface area contributed by atoms with Gasteiger partial charge in [-0.2, -0.15) is 0 Å². The first kappa shape index (κ1) is 21.0. The Morgan fingerprint density at radius 3 is 2.50 bits per heavy atom. The third-order valence-corrected chi connectivity index (χ3v) is 4.57. The van der Waals surface area contributed by atoms with Crippen LogP contribution >= 0.6 is 0 Å². The van der Waals surface area contributed by atoms with Gasteiger partial charge >= 0.3 is 5.97 Å². The Bertz CT molecular complexity index is 1070. The molecule has 2 aromatic carbocycles. The summed E-state index contributed by atoms with van der Waals surface area (Å²) in [6.45, 7) is 4.91. The predicted molar refractivity (Wildman–Crippen MR) is 110 cm³/mol. The van der Waals surface area contributed by atoms with Crippen molar-refractivity contribution in [2.75, 3.05) is 5.32 Å². The second kappa shape index (κ2) is 9.17. The zero-order valence-electron chi connectivity index (χ0n) is 17.0. The number of nitrogens with zero attached hydrogens (tertiary/aromatic N) is 1. The van der Waals surface area contributed by atoms with E-state index in [0.29, 0.717) is 34.7 Å². The molecule has 0 bridgehead atoms. The van der Waals surface area contributed by atoms with E-state index in [1.165, 1.54) is 6.92 Å². The van der Waals surface area contributed by atoms with E-state index in [-0.39, 0.29) is 11.3 Å². The highest BCUT2D eigenvalue weighted by Gasteiger charge is 2.29. The number of anilines is 1. The summed E-state index contributed by atoms with van der Waals surface area (Å²) in [4.78, 5) is 37.5. The fourth-order valence-electron chi connectivity index (χ4n) is 3.01. The maximum atomic E-state index is 13.0. The van der Waals surface area contributed by atoms with Crippen LogP contribution in [0.25, 0.3) is 0 Å². The lowest BCUT2D eigenvalue weighted by Gasteiger charge is -2.18. The van der Waals surface area contributed by atoms with E-state index in [1.807, 2.05) is 6.92 Å². The summed E-state index contributed by atoms with van der Waals surface area (Å²) in [7, 11) is 0. The maximum absolute atomic E-state index is 13.0. The summed E-state index contributed by atoms with van der Waals surface area (Å²) in [6.07, 6.45) is -0.708. The van der Waals surface area contributed by atoms with Crippen molar-refractivity contribution in [3.63, 3.8) is 0 Å². The fourth-order valence-corrected chi connectivity index (χ4v) is 3.01. The smallest absolute Gasteiger partial charge is 0.344 e. The first-order valence-electron chi connectivity index (χ1n) is 9.53. The molecule has 1 N–H and O–H groups in total. The molecule has 7 nitrogen and oxygen atoms in total. The molecule has 1 heterocycles. The second-order valence-corrected chi connectivity index (χ2v) is 6.74. The van der Waals surface area contributed by atoms with Gasteiger partial charge in [-0.05, 0) is 32.4 Å². The quantitative estimate of drug-likeness (QED) is 0.464. The number of ether oxygens (including phenoxy) is 1. The molecule has 0 saturated carbocycles. The van der Waals surface area contributed by atoms with E-state index < -0.39 is 18.0 Å². The van der Waals surface area contributed by atoms with Crippen molar-refractivity contribution in [2.24, 2.45) is 0 Å². The van der Waals surface area contributed by atoms with Gasteiger partial charge in [-0.25, -0.2) is 4.79 Å². The SMILES string of the molecule is CCc1noc(C)c1C(=O)OC(C(=O)Nc1cccc(C(C)=O)c1)c1ccccc1. The normalized spacial score (nSPS) is 11.6. The van der Waals surface area contributed by atoms with Gasteiger partial charge in [-0.15, -0.1) is 0 Å². The van der Waals surface area contributed by atoms with Crippen LogP contribution in [0, 0.1) is 6.92 Å². The molecule has 1 amide bonds. The Labute approximate surface area is 174 Å². The zero-order valence-corrected chi connectivity index (χ0v) is 17.0. The van der Waals surface area contributed by atoms with Crippen molar-refractivity contribution < 1.29 is 23.6 Å².